The van der Waals surface area contributed by atoms with Crippen molar-refractivity contribution in [1.29, 1.82) is 0 Å². The van der Waals surface area contributed by atoms with Crippen molar-refractivity contribution in [3.63, 3.8) is 0 Å². The highest BCUT2D eigenvalue weighted by molar-refractivity contribution is 6.10. The number of carbonyl (C=O) groups is 1. The Labute approximate surface area is 97.6 Å². The maximum Gasteiger partial charge on any atom is 0.417 e. The first-order valence-electron chi connectivity index (χ1n) is 5.64. The summed E-state index contributed by atoms with van der Waals surface area (Å²) in [5.74, 6) is 0.646. The van der Waals surface area contributed by atoms with E-state index in [1.807, 2.05) is 18.2 Å². The molecule has 0 radical (unpaired) electrons. The van der Waals surface area contributed by atoms with Gasteiger partial charge in [-0.05, 0) is 23.4 Å². The van der Waals surface area contributed by atoms with Gasteiger partial charge in [0.2, 0.25) is 0 Å². The second-order valence-corrected chi connectivity index (χ2v) is 4.32. The predicted molar refractivity (Wildman–Crippen MR) is 65.8 cm³/mol. The monoisotopic (exact) mass is 226 g/mol. The summed E-state index contributed by atoms with van der Waals surface area (Å²) in [7, 11) is 0. The van der Waals surface area contributed by atoms with Crippen LogP contribution in [0.4, 0.5) is 16.2 Å². The fraction of sp³-hybridized carbons (Fsp3) is 0.154. The highest BCUT2D eigenvalue weighted by atomic mass is 16.6. The summed E-state index contributed by atoms with van der Waals surface area (Å²) < 4.78 is 5.24. The molecule has 2 aromatic rings. The molecule has 84 valence electrons. The van der Waals surface area contributed by atoms with Crippen LogP contribution < -0.4 is 15.4 Å². The average molecular weight is 226 g/mol. The minimum atomic E-state index is -0.414. The Morgan fingerprint density at radius 2 is 2.18 bits per heavy atom. The van der Waals surface area contributed by atoms with E-state index in [2.05, 4.69) is 16.7 Å². The van der Waals surface area contributed by atoms with Crippen LogP contribution in [0.3, 0.4) is 0 Å². The zero-order valence-corrected chi connectivity index (χ0v) is 9.04. The molecule has 0 fully saturated rings. The molecule has 0 bridgehead atoms. The number of nitrogens with one attached hydrogen (secondary N) is 2. The van der Waals surface area contributed by atoms with Crippen molar-refractivity contribution < 1.29 is 9.53 Å². The Kier molecular flexibility index (Phi) is 1.52. The van der Waals surface area contributed by atoms with E-state index in [1.165, 1.54) is 10.9 Å². The summed E-state index contributed by atoms with van der Waals surface area (Å²) in [6, 6.07) is 7.87. The average Bonchev–Trinajstić information content (AvgIpc) is 2.77. The number of carbonyl (C=O) groups excluding carboxylic acids is 1. The van der Waals surface area contributed by atoms with Crippen LogP contribution in [0, 0.1) is 0 Å². The number of hydrogen-bond donors (Lipinski definition) is 2. The van der Waals surface area contributed by atoms with Gasteiger partial charge in [-0.3, -0.25) is 5.32 Å². The Bertz CT molecular complexity index is 664. The minimum Gasteiger partial charge on any atom is -0.409 e. The van der Waals surface area contributed by atoms with Gasteiger partial charge in [0, 0.05) is 23.7 Å². The molecule has 2 aliphatic rings. The van der Waals surface area contributed by atoms with Gasteiger partial charge < -0.3 is 10.1 Å². The lowest BCUT2D eigenvalue weighted by molar-refractivity contribution is 0.215. The standard InChI is InChI=1S/C13H10N2O2/c16-13-15-9-3-1-2-8-7-4-5-14-10(7)6-11(17-13)12(8)9/h1-3,6,14H,4-5H2,(H,15,16). The number of hydrogen-bond acceptors (Lipinski definition) is 3. The van der Waals surface area contributed by atoms with E-state index in [1.54, 1.807) is 0 Å². The van der Waals surface area contributed by atoms with Gasteiger partial charge in [0.15, 0.2) is 0 Å². The Balaban J connectivity index is 2.17. The Hall–Kier alpha value is -2.23. The fourth-order valence-corrected chi connectivity index (χ4v) is 2.67. The number of ether oxygens (including phenoxy) is 1. The van der Waals surface area contributed by atoms with Crippen LogP contribution in [0.15, 0.2) is 24.3 Å². The molecule has 4 rings (SSSR count). The lowest BCUT2D eigenvalue weighted by atomic mass is 9.99. The molecule has 4 heteroatoms. The first kappa shape index (κ1) is 8.87. The van der Waals surface area contributed by atoms with Gasteiger partial charge in [0.1, 0.15) is 5.75 Å². The summed E-state index contributed by atoms with van der Waals surface area (Å²) in [4.78, 5) is 11.4. The van der Waals surface area contributed by atoms with Crippen molar-refractivity contribution in [2.75, 3.05) is 17.2 Å². The molecule has 0 aliphatic carbocycles. The first-order chi connectivity index (χ1) is 8.33. The molecule has 2 N–H and O–H groups in total. The second kappa shape index (κ2) is 2.91. The van der Waals surface area contributed by atoms with E-state index in [-0.39, 0.29) is 0 Å². The molecule has 0 aromatic heterocycles. The summed E-state index contributed by atoms with van der Waals surface area (Å²) in [5, 5.41) is 8.22. The van der Waals surface area contributed by atoms with E-state index in [0.29, 0.717) is 5.75 Å². The third-order valence-corrected chi connectivity index (χ3v) is 3.37. The molecular formula is C13H10N2O2. The smallest absolute Gasteiger partial charge is 0.409 e. The van der Waals surface area contributed by atoms with Crippen molar-refractivity contribution in [1.82, 2.24) is 0 Å². The molecule has 2 heterocycles. The summed E-state index contributed by atoms with van der Waals surface area (Å²) in [6.07, 6.45) is 0.603. The number of benzene rings is 2. The molecular weight excluding hydrogens is 216 g/mol. The second-order valence-electron chi connectivity index (χ2n) is 4.32. The zero-order chi connectivity index (χ0) is 11.4. The van der Waals surface area contributed by atoms with Crippen LogP contribution in [0.1, 0.15) is 5.56 Å². The molecule has 4 nitrogen and oxygen atoms in total. The van der Waals surface area contributed by atoms with Crippen LogP contribution >= 0.6 is 0 Å². The lowest BCUT2D eigenvalue weighted by Gasteiger charge is -2.19. The van der Waals surface area contributed by atoms with E-state index < -0.39 is 6.09 Å². The van der Waals surface area contributed by atoms with Crippen LogP contribution in [-0.2, 0) is 6.42 Å². The van der Waals surface area contributed by atoms with Crippen molar-refractivity contribution >= 4 is 28.2 Å². The molecule has 0 unspecified atom stereocenters. The third-order valence-electron chi connectivity index (χ3n) is 3.37. The fourth-order valence-electron chi connectivity index (χ4n) is 2.67. The number of anilines is 2. The van der Waals surface area contributed by atoms with Crippen LogP contribution in [-0.4, -0.2) is 12.6 Å². The molecule has 1 amide bonds. The van der Waals surface area contributed by atoms with E-state index >= 15 is 0 Å². The highest BCUT2D eigenvalue weighted by Gasteiger charge is 2.24. The maximum atomic E-state index is 11.4. The zero-order valence-electron chi connectivity index (χ0n) is 9.04. The number of fused-ring (bicyclic) bond motifs is 2. The van der Waals surface area contributed by atoms with Gasteiger partial charge >= 0.3 is 6.09 Å². The molecule has 0 atom stereocenters. The van der Waals surface area contributed by atoms with Crippen molar-refractivity contribution in [3.05, 3.63) is 29.8 Å². The molecule has 2 aromatic carbocycles. The van der Waals surface area contributed by atoms with E-state index in [0.717, 1.165) is 29.7 Å². The predicted octanol–water partition coefficient (Wildman–Crippen LogP) is 2.73. The number of amides is 1. The van der Waals surface area contributed by atoms with Crippen molar-refractivity contribution in [3.8, 4) is 5.75 Å². The highest BCUT2D eigenvalue weighted by Crippen LogP contribution is 2.42. The van der Waals surface area contributed by atoms with Crippen LogP contribution in [0.2, 0.25) is 0 Å². The molecule has 0 spiro atoms. The van der Waals surface area contributed by atoms with E-state index in [4.69, 9.17) is 4.74 Å². The Morgan fingerprint density at radius 3 is 3.12 bits per heavy atom. The summed E-state index contributed by atoms with van der Waals surface area (Å²) >= 11 is 0. The summed E-state index contributed by atoms with van der Waals surface area (Å²) in [6.45, 7) is 0.944. The van der Waals surface area contributed by atoms with Crippen molar-refractivity contribution in [2.45, 2.75) is 6.42 Å². The SMILES string of the molecule is O=C1Nc2cccc3c4c(cc(c23)O1)NCC4. The number of rotatable bonds is 0. The van der Waals surface area contributed by atoms with Gasteiger partial charge in [0.05, 0.1) is 5.69 Å². The molecule has 17 heavy (non-hydrogen) atoms. The van der Waals surface area contributed by atoms with Gasteiger partial charge in [-0.1, -0.05) is 12.1 Å². The third kappa shape index (κ3) is 1.09. The first-order valence-corrected chi connectivity index (χ1v) is 5.64. The van der Waals surface area contributed by atoms with Gasteiger partial charge in [-0.2, -0.15) is 0 Å². The quantitative estimate of drug-likeness (QED) is 0.726. The summed E-state index contributed by atoms with van der Waals surface area (Å²) in [5.41, 5.74) is 3.23. The largest absolute Gasteiger partial charge is 0.417 e. The van der Waals surface area contributed by atoms with Gasteiger partial charge in [-0.15, -0.1) is 0 Å². The lowest BCUT2D eigenvalue weighted by Crippen LogP contribution is -2.21. The molecule has 0 saturated heterocycles. The van der Waals surface area contributed by atoms with Gasteiger partial charge in [0.25, 0.3) is 0 Å². The maximum absolute atomic E-state index is 11.4. The normalized spacial score (nSPS) is 16.1. The van der Waals surface area contributed by atoms with Gasteiger partial charge in [-0.25, -0.2) is 4.79 Å². The van der Waals surface area contributed by atoms with Crippen LogP contribution in [0.5, 0.6) is 5.75 Å². The Morgan fingerprint density at radius 1 is 1.24 bits per heavy atom. The molecule has 2 aliphatic heterocycles. The van der Waals surface area contributed by atoms with Crippen molar-refractivity contribution in [2.24, 2.45) is 0 Å². The molecule has 0 saturated carbocycles. The topological polar surface area (TPSA) is 50.4 Å². The van der Waals surface area contributed by atoms with Crippen LogP contribution in [0.25, 0.3) is 10.8 Å². The minimum absolute atomic E-state index is 0.414. The van der Waals surface area contributed by atoms with E-state index in [9.17, 15) is 4.79 Å².